The Labute approximate surface area is 173 Å². The summed E-state index contributed by atoms with van der Waals surface area (Å²) in [5.74, 6) is 0.108. The van der Waals surface area contributed by atoms with Crippen LogP contribution in [0.25, 0.3) is 6.08 Å². The minimum Gasteiger partial charge on any atom is -0.493 e. The van der Waals surface area contributed by atoms with Crippen molar-refractivity contribution in [1.82, 2.24) is 0 Å². The molecule has 0 N–H and O–H groups in total. The second-order valence-electron chi connectivity index (χ2n) is 6.05. The topological polar surface area (TPSA) is 72.9 Å². The van der Waals surface area contributed by atoms with Crippen molar-refractivity contribution in [2.75, 3.05) is 18.3 Å². The minimum absolute atomic E-state index is 0.0781. The fourth-order valence-electron chi connectivity index (χ4n) is 2.54. The Morgan fingerprint density at radius 2 is 1.79 bits per heavy atom. The molecule has 2 aromatic rings. The molecule has 1 aliphatic rings. The number of anilines is 1. The number of thioether (sulfide) groups is 1. The van der Waals surface area contributed by atoms with Gasteiger partial charge in [-0.05, 0) is 42.8 Å². The Balaban J connectivity index is 1.90. The van der Waals surface area contributed by atoms with Crippen molar-refractivity contribution in [1.29, 1.82) is 0 Å². The Kier molecular flexibility index (Phi) is 5.78. The number of ether oxygens (including phenoxy) is 1. The van der Waals surface area contributed by atoms with Crippen molar-refractivity contribution in [3.05, 3.63) is 58.5 Å². The molecular weight excluding hydrogens is 418 g/mol. The first kappa shape index (κ1) is 20.4. The molecule has 0 spiro atoms. The Morgan fingerprint density at radius 3 is 2.39 bits per heavy atom. The SMILES string of the molecule is COc1cc(/C=C2\SC(=S)N(c3ccc(C)cc3)C2=O)ccc1OS(C)(=O)=O. The van der Waals surface area contributed by atoms with Crippen LogP contribution in [-0.2, 0) is 14.9 Å². The highest BCUT2D eigenvalue weighted by Gasteiger charge is 2.33. The lowest BCUT2D eigenvalue weighted by atomic mass is 10.1. The fourth-order valence-corrected chi connectivity index (χ4v) is 4.30. The normalized spacial score (nSPS) is 16.0. The van der Waals surface area contributed by atoms with Crippen LogP contribution >= 0.6 is 24.0 Å². The summed E-state index contributed by atoms with van der Waals surface area (Å²) in [7, 11) is -2.27. The lowest BCUT2D eigenvalue weighted by Crippen LogP contribution is -2.27. The second kappa shape index (κ2) is 7.94. The minimum atomic E-state index is -3.68. The third-order valence-corrected chi connectivity index (χ3v) is 5.60. The van der Waals surface area contributed by atoms with E-state index < -0.39 is 10.1 Å². The highest BCUT2D eigenvalue weighted by atomic mass is 32.2. The van der Waals surface area contributed by atoms with Crippen molar-refractivity contribution < 1.29 is 22.1 Å². The van der Waals surface area contributed by atoms with E-state index in [0.717, 1.165) is 11.8 Å². The number of benzene rings is 2. The number of carbonyl (C=O) groups excluding carboxylic acids is 1. The van der Waals surface area contributed by atoms with E-state index in [2.05, 4.69) is 0 Å². The van der Waals surface area contributed by atoms with E-state index in [-0.39, 0.29) is 17.4 Å². The van der Waals surface area contributed by atoms with Gasteiger partial charge in [-0.25, -0.2) is 0 Å². The molecule has 2 aromatic carbocycles. The summed E-state index contributed by atoms with van der Waals surface area (Å²) in [6, 6.07) is 12.3. The number of carbonyl (C=O) groups is 1. The number of thiocarbonyl (C=S) groups is 1. The summed E-state index contributed by atoms with van der Waals surface area (Å²) in [4.78, 5) is 14.8. The summed E-state index contributed by atoms with van der Waals surface area (Å²) in [6.45, 7) is 1.97. The van der Waals surface area contributed by atoms with E-state index in [1.165, 1.54) is 29.8 Å². The number of methoxy groups -OCH3 is 1. The van der Waals surface area contributed by atoms with Crippen molar-refractivity contribution in [2.24, 2.45) is 0 Å². The molecule has 0 radical (unpaired) electrons. The van der Waals surface area contributed by atoms with Gasteiger partial charge in [0.15, 0.2) is 15.8 Å². The highest BCUT2D eigenvalue weighted by molar-refractivity contribution is 8.27. The van der Waals surface area contributed by atoms with Gasteiger partial charge in [0.2, 0.25) is 0 Å². The summed E-state index contributed by atoms with van der Waals surface area (Å²) in [6.07, 6.45) is 2.64. The quantitative estimate of drug-likeness (QED) is 0.402. The van der Waals surface area contributed by atoms with Crippen LogP contribution in [0.5, 0.6) is 11.5 Å². The summed E-state index contributed by atoms with van der Waals surface area (Å²) in [5.41, 5.74) is 2.46. The second-order valence-corrected chi connectivity index (χ2v) is 9.30. The zero-order valence-corrected chi connectivity index (χ0v) is 17.8. The Hall–Kier alpha value is -2.36. The number of hydrogen-bond donors (Lipinski definition) is 0. The summed E-state index contributed by atoms with van der Waals surface area (Å²) in [5, 5.41) is 0. The van der Waals surface area contributed by atoms with E-state index in [1.807, 2.05) is 31.2 Å². The van der Waals surface area contributed by atoms with Crippen LogP contribution in [-0.4, -0.2) is 32.0 Å². The standard InChI is InChI=1S/C19H17NO5S3/c1-12-4-7-14(8-5-12)20-18(21)17(27-19(20)26)11-13-6-9-15(16(10-13)24-2)25-28(3,22)23/h4-11H,1-3H3/b17-11-. The van der Waals surface area contributed by atoms with Gasteiger partial charge < -0.3 is 8.92 Å². The molecule has 1 aliphatic heterocycles. The molecule has 6 nitrogen and oxygen atoms in total. The van der Waals surface area contributed by atoms with Crippen LogP contribution in [0.3, 0.4) is 0 Å². The number of hydrogen-bond acceptors (Lipinski definition) is 7. The molecule has 0 unspecified atom stereocenters. The number of aryl methyl sites for hydroxylation is 1. The molecule has 9 heteroatoms. The van der Waals surface area contributed by atoms with Gasteiger partial charge in [0.25, 0.3) is 5.91 Å². The molecule has 3 rings (SSSR count). The monoisotopic (exact) mass is 435 g/mol. The molecule has 1 heterocycles. The Bertz CT molecular complexity index is 1080. The van der Waals surface area contributed by atoms with Gasteiger partial charge >= 0.3 is 10.1 Å². The first-order chi connectivity index (χ1) is 13.2. The van der Waals surface area contributed by atoms with E-state index in [1.54, 1.807) is 18.2 Å². The van der Waals surface area contributed by atoms with Crippen molar-refractivity contribution in [3.8, 4) is 11.5 Å². The summed E-state index contributed by atoms with van der Waals surface area (Å²) >= 11 is 6.57. The van der Waals surface area contributed by atoms with Gasteiger partial charge in [-0.2, -0.15) is 8.42 Å². The lowest BCUT2D eigenvalue weighted by Gasteiger charge is -2.14. The molecule has 28 heavy (non-hydrogen) atoms. The number of rotatable bonds is 5. The number of amides is 1. The maximum atomic E-state index is 12.8. The van der Waals surface area contributed by atoms with Gasteiger partial charge in [-0.15, -0.1) is 0 Å². The average Bonchev–Trinajstić information content (AvgIpc) is 2.89. The zero-order valence-electron chi connectivity index (χ0n) is 15.3. The highest BCUT2D eigenvalue weighted by Crippen LogP contribution is 2.37. The first-order valence-electron chi connectivity index (χ1n) is 8.10. The van der Waals surface area contributed by atoms with Crippen molar-refractivity contribution >= 4 is 56.1 Å². The molecule has 0 bridgehead atoms. The molecular formula is C19H17NO5S3. The first-order valence-corrected chi connectivity index (χ1v) is 11.1. The van der Waals surface area contributed by atoms with Gasteiger partial charge in [0.1, 0.15) is 0 Å². The van der Waals surface area contributed by atoms with Crippen LogP contribution in [0.4, 0.5) is 5.69 Å². The average molecular weight is 436 g/mol. The fraction of sp³-hybridized carbons (Fsp3) is 0.158. The van der Waals surface area contributed by atoms with Crippen molar-refractivity contribution in [3.63, 3.8) is 0 Å². The van der Waals surface area contributed by atoms with Crippen LogP contribution < -0.4 is 13.8 Å². The van der Waals surface area contributed by atoms with Gasteiger partial charge in [0.05, 0.1) is 24.0 Å². The van der Waals surface area contributed by atoms with Gasteiger partial charge in [-0.1, -0.05) is 47.7 Å². The predicted octanol–water partition coefficient (Wildman–Crippen LogP) is 3.75. The third kappa shape index (κ3) is 4.54. The van der Waals surface area contributed by atoms with Crippen LogP contribution in [0, 0.1) is 6.92 Å². The molecule has 1 saturated heterocycles. The van der Waals surface area contributed by atoms with Crippen LogP contribution in [0.2, 0.25) is 0 Å². The molecule has 0 aromatic heterocycles. The van der Waals surface area contributed by atoms with Crippen molar-refractivity contribution in [2.45, 2.75) is 6.92 Å². The molecule has 1 amide bonds. The van der Waals surface area contributed by atoms with E-state index in [4.69, 9.17) is 21.1 Å². The summed E-state index contributed by atoms with van der Waals surface area (Å²) < 4.78 is 33.2. The van der Waals surface area contributed by atoms with Crippen LogP contribution in [0.15, 0.2) is 47.4 Å². The molecule has 0 saturated carbocycles. The molecule has 1 fully saturated rings. The Morgan fingerprint density at radius 1 is 1.11 bits per heavy atom. The van der Waals surface area contributed by atoms with E-state index >= 15 is 0 Å². The van der Waals surface area contributed by atoms with Crippen LogP contribution in [0.1, 0.15) is 11.1 Å². The predicted molar refractivity (Wildman–Crippen MR) is 115 cm³/mol. The van der Waals surface area contributed by atoms with Gasteiger partial charge in [-0.3, -0.25) is 9.69 Å². The zero-order chi connectivity index (χ0) is 20.5. The van der Waals surface area contributed by atoms with E-state index in [0.29, 0.717) is 20.5 Å². The maximum absolute atomic E-state index is 12.8. The maximum Gasteiger partial charge on any atom is 0.306 e. The largest absolute Gasteiger partial charge is 0.493 e. The van der Waals surface area contributed by atoms with Gasteiger partial charge in [0, 0.05) is 0 Å². The number of nitrogens with zero attached hydrogens (tertiary/aromatic N) is 1. The smallest absolute Gasteiger partial charge is 0.306 e. The third-order valence-electron chi connectivity index (χ3n) is 3.81. The molecule has 146 valence electrons. The lowest BCUT2D eigenvalue weighted by molar-refractivity contribution is -0.113. The molecule has 0 aliphatic carbocycles. The molecule has 0 atom stereocenters. The van der Waals surface area contributed by atoms with E-state index in [9.17, 15) is 13.2 Å².